The number of aryl methyl sites for hydroxylation is 1. The molecule has 0 fully saturated rings. The summed E-state index contributed by atoms with van der Waals surface area (Å²) in [4.78, 5) is 27.7. The van der Waals surface area contributed by atoms with E-state index in [1.807, 2.05) is 30.3 Å². The Morgan fingerprint density at radius 3 is 2.50 bits per heavy atom. The SMILES string of the molecule is Cc1noc2nc(-c3ccccc3)cc(C(=O)Nc3ccc([N+](=O)[O-])cc3)c12. The van der Waals surface area contributed by atoms with Gasteiger partial charge in [0.05, 0.1) is 27.3 Å². The fourth-order valence-electron chi connectivity index (χ4n) is 2.90. The molecule has 4 aromatic rings. The highest BCUT2D eigenvalue weighted by atomic mass is 16.6. The van der Waals surface area contributed by atoms with Crippen molar-refractivity contribution in [2.45, 2.75) is 6.92 Å². The minimum atomic E-state index is -0.495. The van der Waals surface area contributed by atoms with Crippen molar-refractivity contribution in [3.05, 3.63) is 82.0 Å². The van der Waals surface area contributed by atoms with Crippen LogP contribution in [-0.4, -0.2) is 21.0 Å². The van der Waals surface area contributed by atoms with Gasteiger partial charge in [-0.05, 0) is 25.1 Å². The third kappa shape index (κ3) is 3.18. The van der Waals surface area contributed by atoms with Crippen LogP contribution in [0.25, 0.3) is 22.4 Å². The Bertz CT molecular complexity index is 1180. The molecule has 8 nitrogen and oxygen atoms in total. The van der Waals surface area contributed by atoms with Crippen LogP contribution in [-0.2, 0) is 0 Å². The highest BCUT2D eigenvalue weighted by Gasteiger charge is 2.19. The predicted octanol–water partition coefficient (Wildman–Crippen LogP) is 4.36. The fraction of sp³-hybridized carbons (Fsp3) is 0.0500. The Morgan fingerprint density at radius 1 is 1.11 bits per heavy atom. The maximum Gasteiger partial charge on any atom is 0.269 e. The van der Waals surface area contributed by atoms with E-state index in [9.17, 15) is 14.9 Å². The second-order valence-corrected chi connectivity index (χ2v) is 6.13. The van der Waals surface area contributed by atoms with Gasteiger partial charge in [-0.15, -0.1) is 0 Å². The van der Waals surface area contributed by atoms with Gasteiger partial charge in [-0.3, -0.25) is 14.9 Å². The van der Waals surface area contributed by atoms with Crippen LogP contribution in [0.3, 0.4) is 0 Å². The molecule has 2 aromatic carbocycles. The van der Waals surface area contributed by atoms with Crippen LogP contribution in [0.1, 0.15) is 16.1 Å². The number of pyridine rings is 1. The molecule has 1 N–H and O–H groups in total. The number of hydrogen-bond acceptors (Lipinski definition) is 6. The zero-order chi connectivity index (χ0) is 19.7. The van der Waals surface area contributed by atoms with Crippen molar-refractivity contribution in [2.24, 2.45) is 0 Å². The molecule has 28 heavy (non-hydrogen) atoms. The van der Waals surface area contributed by atoms with E-state index in [2.05, 4.69) is 15.5 Å². The summed E-state index contributed by atoms with van der Waals surface area (Å²) in [5.41, 5.74) is 2.99. The van der Waals surface area contributed by atoms with Gasteiger partial charge in [-0.25, -0.2) is 4.98 Å². The normalized spacial score (nSPS) is 10.8. The summed E-state index contributed by atoms with van der Waals surface area (Å²) in [6.07, 6.45) is 0. The third-order valence-electron chi connectivity index (χ3n) is 4.27. The second-order valence-electron chi connectivity index (χ2n) is 6.13. The standard InChI is InChI=1S/C20H14N4O4/c1-12-18-16(19(25)21-14-7-9-15(10-8-14)24(26)27)11-17(22-20(18)28-23-12)13-5-3-2-4-6-13/h2-11H,1H3,(H,21,25). The summed E-state index contributed by atoms with van der Waals surface area (Å²) in [7, 11) is 0. The maximum absolute atomic E-state index is 12.9. The number of nitro groups is 1. The van der Waals surface area contributed by atoms with Gasteiger partial charge in [0.25, 0.3) is 17.3 Å². The quantitative estimate of drug-likeness (QED) is 0.420. The van der Waals surface area contributed by atoms with Gasteiger partial charge in [0.15, 0.2) is 0 Å². The number of nitro benzene ring substituents is 1. The van der Waals surface area contributed by atoms with E-state index in [0.29, 0.717) is 28.0 Å². The Balaban J connectivity index is 1.75. The smallest absolute Gasteiger partial charge is 0.269 e. The average Bonchev–Trinajstić information content (AvgIpc) is 3.09. The van der Waals surface area contributed by atoms with E-state index in [4.69, 9.17) is 4.52 Å². The van der Waals surface area contributed by atoms with Crippen LogP contribution >= 0.6 is 0 Å². The van der Waals surface area contributed by atoms with Crippen LogP contribution in [0.4, 0.5) is 11.4 Å². The lowest BCUT2D eigenvalue weighted by Crippen LogP contribution is -2.13. The van der Waals surface area contributed by atoms with Gasteiger partial charge < -0.3 is 9.84 Å². The second kappa shape index (κ2) is 6.92. The molecule has 0 aliphatic rings. The minimum Gasteiger partial charge on any atom is -0.335 e. The van der Waals surface area contributed by atoms with Gasteiger partial charge in [0, 0.05) is 23.4 Å². The summed E-state index contributed by atoms with van der Waals surface area (Å²) >= 11 is 0. The molecule has 0 saturated heterocycles. The molecule has 0 saturated carbocycles. The lowest BCUT2D eigenvalue weighted by Gasteiger charge is -2.08. The lowest BCUT2D eigenvalue weighted by molar-refractivity contribution is -0.384. The lowest BCUT2D eigenvalue weighted by atomic mass is 10.0. The first-order valence-electron chi connectivity index (χ1n) is 8.41. The van der Waals surface area contributed by atoms with Crippen molar-refractivity contribution < 1.29 is 14.2 Å². The summed E-state index contributed by atoms with van der Waals surface area (Å²) in [6, 6.07) is 16.7. The Morgan fingerprint density at radius 2 is 1.82 bits per heavy atom. The molecule has 138 valence electrons. The molecule has 2 aromatic heterocycles. The van der Waals surface area contributed by atoms with Gasteiger partial charge in [-0.1, -0.05) is 35.5 Å². The zero-order valence-electron chi connectivity index (χ0n) is 14.7. The van der Waals surface area contributed by atoms with Crippen LogP contribution < -0.4 is 5.32 Å². The monoisotopic (exact) mass is 374 g/mol. The fourth-order valence-corrected chi connectivity index (χ4v) is 2.90. The molecule has 0 bridgehead atoms. The van der Waals surface area contributed by atoms with Crippen molar-refractivity contribution in [1.29, 1.82) is 0 Å². The molecular weight excluding hydrogens is 360 g/mol. The largest absolute Gasteiger partial charge is 0.335 e. The van der Waals surface area contributed by atoms with Crippen molar-refractivity contribution >= 4 is 28.4 Å². The number of nitrogens with one attached hydrogen (secondary N) is 1. The van der Waals surface area contributed by atoms with E-state index < -0.39 is 4.92 Å². The van der Waals surface area contributed by atoms with Crippen LogP contribution in [0.2, 0.25) is 0 Å². The molecule has 4 rings (SSSR count). The van der Waals surface area contributed by atoms with Gasteiger partial charge in [0.1, 0.15) is 0 Å². The topological polar surface area (TPSA) is 111 Å². The van der Waals surface area contributed by atoms with Crippen LogP contribution in [0.15, 0.2) is 65.2 Å². The number of rotatable bonds is 4. The number of nitrogens with zero attached hydrogens (tertiary/aromatic N) is 3. The molecule has 2 heterocycles. The summed E-state index contributed by atoms with van der Waals surface area (Å²) < 4.78 is 5.28. The summed E-state index contributed by atoms with van der Waals surface area (Å²) in [6.45, 7) is 1.73. The molecule has 0 radical (unpaired) electrons. The van der Waals surface area contributed by atoms with Crippen molar-refractivity contribution in [3.63, 3.8) is 0 Å². The predicted molar refractivity (Wildman–Crippen MR) is 103 cm³/mol. The summed E-state index contributed by atoms with van der Waals surface area (Å²) in [5.74, 6) is -0.385. The van der Waals surface area contributed by atoms with Gasteiger partial charge in [0.2, 0.25) is 0 Å². The van der Waals surface area contributed by atoms with Crippen molar-refractivity contribution in [2.75, 3.05) is 5.32 Å². The molecule has 0 aliphatic carbocycles. The molecule has 0 aliphatic heterocycles. The van der Waals surface area contributed by atoms with Crippen LogP contribution in [0, 0.1) is 17.0 Å². The number of hydrogen-bond donors (Lipinski definition) is 1. The first-order valence-corrected chi connectivity index (χ1v) is 8.41. The first-order chi connectivity index (χ1) is 13.5. The molecule has 0 spiro atoms. The Labute approximate surface area is 159 Å². The van der Waals surface area contributed by atoms with Crippen LogP contribution in [0.5, 0.6) is 0 Å². The number of carbonyl (C=O) groups excluding carboxylic acids is 1. The highest BCUT2D eigenvalue weighted by molar-refractivity contribution is 6.13. The van der Waals surface area contributed by atoms with Gasteiger partial charge >= 0.3 is 0 Å². The number of aromatic nitrogens is 2. The molecular formula is C20H14N4O4. The zero-order valence-corrected chi connectivity index (χ0v) is 14.7. The number of fused-ring (bicyclic) bond motifs is 1. The molecule has 8 heteroatoms. The van der Waals surface area contributed by atoms with E-state index in [-0.39, 0.29) is 17.3 Å². The molecule has 0 unspecified atom stereocenters. The third-order valence-corrected chi connectivity index (χ3v) is 4.27. The number of carbonyl (C=O) groups is 1. The Kier molecular flexibility index (Phi) is 4.29. The summed E-state index contributed by atoms with van der Waals surface area (Å²) in [5, 5.41) is 18.0. The van der Waals surface area contributed by atoms with E-state index in [1.54, 1.807) is 13.0 Å². The van der Waals surface area contributed by atoms with E-state index in [1.165, 1.54) is 24.3 Å². The van der Waals surface area contributed by atoms with Crippen molar-refractivity contribution in [3.8, 4) is 11.3 Å². The highest BCUT2D eigenvalue weighted by Crippen LogP contribution is 2.28. The van der Waals surface area contributed by atoms with Gasteiger partial charge in [-0.2, -0.15) is 0 Å². The van der Waals surface area contributed by atoms with E-state index in [0.717, 1.165) is 5.56 Å². The average molecular weight is 374 g/mol. The molecule has 0 atom stereocenters. The van der Waals surface area contributed by atoms with E-state index >= 15 is 0 Å². The number of amides is 1. The van der Waals surface area contributed by atoms with Crippen molar-refractivity contribution in [1.82, 2.24) is 10.1 Å². The Hall–Kier alpha value is -4.07. The minimum absolute atomic E-state index is 0.0504. The molecule has 1 amide bonds. The number of benzene rings is 2. The maximum atomic E-state index is 12.9. The first kappa shape index (κ1) is 17.3. The number of non-ortho nitro benzene ring substituents is 1. The number of anilines is 1.